The summed E-state index contributed by atoms with van der Waals surface area (Å²) in [6.07, 6.45) is 4.23. The Hall–Kier alpha value is -4.43. The summed E-state index contributed by atoms with van der Waals surface area (Å²) in [6.45, 7) is 7.73. The van der Waals surface area contributed by atoms with E-state index in [9.17, 15) is 18.0 Å². The van der Waals surface area contributed by atoms with Gasteiger partial charge in [0.1, 0.15) is 12.6 Å². The number of hydrogen-bond acceptors (Lipinski definition) is 4. The van der Waals surface area contributed by atoms with E-state index in [0.29, 0.717) is 12.1 Å². The zero-order valence-electron chi connectivity index (χ0n) is 28.4. The van der Waals surface area contributed by atoms with Crippen molar-refractivity contribution in [1.29, 1.82) is 0 Å². The third-order valence-corrected chi connectivity index (χ3v) is 11.0. The maximum atomic E-state index is 14.7. The standard InChI is InChI=1S/C40H47N3O4S/c1-29(2)34-20-22-36(23-21-34)43(48(46,47)37-24-16-31(4)17-25-37)28-39(44)42(27-33-18-14-30(3)15-19-33)38(26-32-10-6-5-7-11-32)40(45)41-35-12-8-9-13-35/h5-7,10-11,14-25,29,35,38H,8-9,12-13,26-28H2,1-4H3,(H,41,45)/t38-/m0/s1. The highest BCUT2D eigenvalue weighted by Gasteiger charge is 2.35. The summed E-state index contributed by atoms with van der Waals surface area (Å²) in [7, 11) is -4.15. The lowest BCUT2D eigenvalue weighted by Gasteiger charge is -2.34. The van der Waals surface area contributed by atoms with Crippen LogP contribution in [0, 0.1) is 13.8 Å². The maximum Gasteiger partial charge on any atom is 0.264 e. The topological polar surface area (TPSA) is 86.8 Å². The Morgan fingerprint density at radius 1 is 0.771 bits per heavy atom. The molecule has 0 heterocycles. The lowest BCUT2D eigenvalue weighted by Crippen LogP contribution is -2.54. The van der Waals surface area contributed by atoms with E-state index in [0.717, 1.165) is 53.5 Å². The number of amides is 2. The molecule has 1 saturated carbocycles. The molecule has 1 atom stereocenters. The van der Waals surface area contributed by atoms with E-state index in [1.54, 1.807) is 41.3 Å². The molecular formula is C40H47N3O4S. The van der Waals surface area contributed by atoms with Crippen molar-refractivity contribution in [2.24, 2.45) is 0 Å². The van der Waals surface area contributed by atoms with Crippen molar-refractivity contribution in [3.63, 3.8) is 0 Å². The number of rotatable bonds is 13. The number of sulfonamides is 1. The first-order valence-corrected chi connectivity index (χ1v) is 18.3. The van der Waals surface area contributed by atoms with Crippen LogP contribution in [0.3, 0.4) is 0 Å². The third-order valence-electron chi connectivity index (χ3n) is 9.18. The van der Waals surface area contributed by atoms with E-state index in [1.165, 1.54) is 4.31 Å². The molecule has 48 heavy (non-hydrogen) atoms. The molecule has 2 amide bonds. The Morgan fingerprint density at radius 2 is 1.35 bits per heavy atom. The second-order valence-electron chi connectivity index (χ2n) is 13.3. The van der Waals surface area contributed by atoms with Gasteiger partial charge >= 0.3 is 0 Å². The molecule has 0 saturated heterocycles. The lowest BCUT2D eigenvalue weighted by atomic mass is 10.0. The summed E-state index contributed by atoms with van der Waals surface area (Å²) in [5, 5.41) is 3.23. The molecule has 7 nitrogen and oxygen atoms in total. The molecule has 4 aromatic rings. The van der Waals surface area contributed by atoms with Gasteiger partial charge in [0, 0.05) is 19.0 Å². The number of hydrogen-bond donors (Lipinski definition) is 1. The Balaban J connectivity index is 1.57. The number of carbonyl (C=O) groups is 2. The zero-order valence-corrected chi connectivity index (χ0v) is 29.2. The van der Waals surface area contributed by atoms with Gasteiger partial charge in [-0.1, -0.05) is 117 Å². The molecule has 1 fully saturated rings. The summed E-state index contributed by atoms with van der Waals surface area (Å²) in [5.74, 6) is -0.424. The van der Waals surface area contributed by atoms with Gasteiger partial charge < -0.3 is 10.2 Å². The number of nitrogens with zero attached hydrogens (tertiary/aromatic N) is 2. The normalized spacial score (nSPS) is 14.1. The Morgan fingerprint density at radius 3 is 1.94 bits per heavy atom. The van der Waals surface area contributed by atoms with Crippen LogP contribution >= 0.6 is 0 Å². The molecule has 1 aliphatic rings. The van der Waals surface area contributed by atoms with Crippen molar-refractivity contribution in [1.82, 2.24) is 10.2 Å². The largest absolute Gasteiger partial charge is 0.352 e. The monoisotopic (exact) mass is 665 g/mol. The predicted molar refractivity (Wildman–Crippen MR) is 192 cm³/mol. The minimum absolute atomic E-state index is 0.0602. The fourth-order valence-electron chi connectivity index (χ4n) is 6.20. The van der Waals surface area contributed by atoms with E-state index >= 15 is 0 Å². The highest BCUT2D eigenvalue weighted by Crippen LogP contribution is 2.28. The minimum Gasteiger partial charge on any atom is -0.352 e. The number of benzene rings is 4. The first-order valence-electron chi connectivity index (χ1n) is 16.9. The molecule has 0 bridgehead atoms. The van der Waals surface area contributed by atoms with Crippen LogP contribution in [0.1, 0.15) is 73.3 Å². The van der Waals surface area contributed by atoms with E-state index in [4.69, 9.17) is 0 Å². The van der Waals surface area contributed by atoms with Crippen LogP contribution in [-0.2, 0) is 32.6 Å². The molecule has 0 unspecified atom stereocenters. The van der Waals surface area contributed by atoms with Crippen LogP contribution in [-0.4, -0.2) is 43.8 Å². The SMILES string of the molecule is Cc1ccc(CN(C(=O)CN(c2ccc(C(C)C)cc2)S(=O)(=O)c2ccc(C)cc2)[C@@H](Cc2ccccc2)C(=O)NC2CCCC2)cc1. The number of nitrogens with one attached hydrogen (secondary N) is 1. The molecule has 0 radical (unpaired) electrons. The van der Waals surface area contributed by atoms with Crippen molar-refractivity contribution in [3.05, 3.63) is 131 Å². The molecular weight excluding hydrogens is 619 g/mol. The number of anilines is 1. The maximum absolute atomic E-state index is 14.7. The van der Waals surface area contributed by atoms with E-state index in [-0.39, 0.29) is 29.3 Å². The van der Waals surface area contributed by atoms with Crippen LogP contribution < -0.4 is 9.62 Å². The van der Waals surface area contributed by atoms with Gasteiger partial charge in [0.05, 0.1) is 10.6 Å². The van der Waals surface area contributed by atoms with Crippen molar-refractivity contribution in [3.8, 4) is 0 Å². The quantitative estimate of drug-likeness (QED) is 0.162. The second kappa shape index (κ2) is 15.6. The molecule has 5 rings (SSSR count). The Bertz CT molecular complexity index is 1770. The predicted octanol–water partition coefficient (Wildman–Crippen LogP) is 7.32. The number of carbonyl (C=O) groups excluding carboxylic acids is 2. The molecule has 0 aromatic heterocycles. The summed E-state index contributed by atoms with van der Waals surface area (Å²) in [6, 6.07) is 30.7. The van der Waals surface area contributed by atoms with Crippen LogP contribution in [0.5, 0.6) is 0 Å². The summed E-state index contributed by atoms with van der Waals surface area (Å²) in [4.78, 5) is 30.6. The Labute approximate surface area is 286 Å². The molecule has 0 aliphatic heterocycles. The van der Waals surface area contributed by atoms with Gasteiger partial charge in [-0.2, -0.15) is 0 Å². The highest BCUT2D eigenvalue weighted by atomic mass is 32.2. The van der Waals surface area contributed by atoms with E-state index in [1.807, 2.05) is 80.6 Å². The average molecular weight is 666 g/mol. The molecule has 1 N–H and O–H groups in total. The van der Waals surface area contributed by atoms with Crippen LogP contribution in [0.25, 0.3) is 0 Å². The second-order valence-corrected chi connectivity index (χ2v) is 15.1. The molecule has 8 heteroatoms. The summed E-state index contributed by atoms with van der Waals surface area (Å²) in [5.41, 5.74) is 5.23. The first-order chi connectivity index (χ1) is 23.0. The lowest BCUT2D eigenvalue weighted by molar-refractivity contribution is -0.140. The summed E-state index contributed by atoms with van der Waals surface area (Å²) < 4.78 is 29.8. The molecule has 4 aromatic carbocycles. The van der Waals surface area contributed by atoms with Crippen LogP contribution in [0.15, 0.2) is 108 Å². The molecule has 0 spiro atoms. The van der Waals surface area contributed by atoms with Gasteiger partial charge in [0.2, 0.25) is 11.8 Å². The molecule has 1 aliphatic carbocycles. The molecule has 252 valence electrons. The number of aryl methyl sites for hydroxylation is 2. The first kappa shape index (κ1) is 34.9. The van der Waals surface area contributed by atoms with Gasteiger partial charge in [-0.25, -0.2) is 8.42 Å². The van der Waals surface area contributed by atoms with Gasteiger partial charge in [0.25, 0.3) is 10.0 Å². The van der Waals surface area contributed by atoms with Gasteiger partial charge in [-0.3, -0.25) is 13.9 Å². The van der Waals surface area contributed by atoms with Crippen molar-refractivity contribution < 1.29 is 18.0 Å². The average Bonchev–Trinajstić information content (AvgIpc) is 3.59. The van der Waals surface area contributed by atoms with Gasteiger partial charge in [-0.15, -0.1) is 0 Å². The smallest absolute Gasteiger partial charge is 0.264 e. The van der Waals surface area contributed by atoms with Crippen LogP contribution in [0.4, 0.5) is 5.69 Å². The van der Waals surface area contributed by atoms with E-state index < -0.39 is 28.5 Å². The van der Waals surface area contributed by atoms with Crippen molar-refractivity contribution >= 4 is 27.5 Å². The Kier molecular flexibility index (Phi) is 11.4. The fraction of sp³-hybridized carbons (Fsp3) is 0.350. The van der Waals surface area contributed by atoms with Crippen LogP contribution in [0.2, 0.25) is 0 Å². The minimum atomic E-state index is -4.15. The summed E-state index contributed by atoms with van der Waals surface area (Å²) >= 11 is 0. The van der Waals surface area contributed by atoms with Gasteiger partial charge in [0.15, 0.2) is 0 Å². The third kappa shape index (κ3) is 8.72. The fourth-order valence-corrected chi connectivity index (χ4v) is 7.62. The highest BCUT2D eigenvalue weighted by molar-refractivity contribution is 7.92. The van der Waals surface area contributed by atoms with Crippen molar-refractivity contribution in [2.45, 2.75) is 89.2 Å². The van der Waals surface area contributed by atoms with E-state index in [2.05, 4.69) is 19.2 Å². The van der Waals surface area contributed by atoms with Crippen molar-refractivity contribution in [2.75, 3.05) is 10.8 Å². The zero-order chi connectivity index (χ0) is 34.3. The van der Waals surface area contributed by atoms with Gasteiger partial charge in [-0.05, 0) is 73.6 Å².